The summed E-state index contributed by atoms with van der Waals surface area (Å²) in [5, 5.41) is 3.27. The Hall–Kier alpha value is -2.99. The SMILES string of the molecule is CC(=O)CCC(C(C)=O)N1Cc2c(OCc3csc4ccccc34)cccc2C1=O. The van der Waals surface area contributed by atoms with Crippen LogP contribution in [0.4, 0.5) is 0 Å². The van der Waals surface area contributed by atoms with Gasteiger partial charge in [-0.25, -0.2) is 0 Å². The van der Waals surface area contributed by atoms with Crippen LogP contribution in [0.15, 0.2) is 47.8 Å². The first kappa shape index (κ1) is 20.3. The van der Waals surface area contributed by atoms with E-state index < -0.39 is 6.04 Å². The van der Waals surface area contributed by atoms with E-state index in [2.05, 4.69) is 17.5 Å². The van der Waals surface area contributed by atoms with Crippen LogP contribution < -0.4 is 4.74 Å². The first-order valence-electron chi connectivity index (χ1n) is 9.96. The summed E-state index contributed by atoms with van der Waals surface area (Å²) in [4.78, 5) is 38.1. The lowest BCUT2D eigenvalue weighted by Crippen LogP contribution is -2.40. The summed E-state index contributed by atoms with van der Waals surface area (Å²) >= 11 is 1.68. The van der Waals surface area contributed by atoms with Crippen molar-refractivity contribution >= 4 is 38.9 Å². The van der Waals surface area contributed by atoms with Gasteiger partial charge in [0.05, 0.1) is 12.6 Å². The number of carbonyl (C=O) groups excluding carboxylic acids is 3. The highest BCUT2D eigenvalue weighted by Crippen LogP contribution is 2.34. The van der Waals surface area contributed by atoms with Crippen molar-refractivity contribution in [3.05, 3.63) is 64.5 Å². The predicted octanol–water partition coefficient (Wildman–Crippen LogP) is 4.76. The molecule has 3 aromatic rings. The number of ether oxygens (including phenoxy) is 1. The minimum atomic E-state index is -0.595. The fourth-order valence-electron chi connectivity index (χ4n) is 3.93. The molecule has 0 fully saturated rings. The highest BCUT2D eigenvalue weighted by molar-refractivity contribution is 7.17. The number of benzene rings is 2. The molecule has 2 heterocycles. The monoisotopic (exact) mass is 421 g/mol. The number of fused-ring (bicyclic) bond motifs is 2. The number of rotatable bonds is 8. The van der Waals surface area contributed by atoms with Crippen LogP contribution in [0.2, 0.25) is 0 Å². The quantitative estimate of drug-likeness (QED) is 0.526. The van der Waals surface area contributed by atoms with Crippen molar-refractivity contribution in [3.63, 3.8) is 0 Å². The zero-order valence-corrected chi connectivity index (χ0v) is 17.8. The van der Waals surface area contributed by atoms with E-state index in [1.807, 2.05) is 18.2 Å². The van der Waals surface area contributed by atoms with Crippen molar-refractivity contribution in [3.8, 4) is 5.75 Å². The van der Waals surface area contributed by atoms with Crippen LogP contribution in [0.5, 0.6) is 5.75 Å². The van der Waals surface area contributed by atoms with E-state index in [0.29, 0.717) is 30.9 Å². The molecule has 0 aliphatic carbocycles. The first-order chi connectivity index (χ1) is 14.5. The Morgan fingerprint density at radius 1 is 1.13 bits per heavy atom. The van der Waals surface area contributed by atoms with E-state index in [4.69, 9.17) is 4.74 Å². The fourth-order valence-corrected chi connectivity index (χ4v) is 4.88. The molecule has 6 heteroatoms. The van der Waals surface area contributed by atoms with Crippen molar-refractivity contribution in [1.82, 2.24) is 4.90 Å². The molecule has 4 rings (SSSR count). The van der Waals surface area contributed by atoms with E-state index in [1.54, 1.807) is 28.4 Å². The Labute approximate surface area is 179 Å². The summed E-state index contributed by atoms with van der Waals surface area (Å²) in [6.07, 6.45) is 0.625. The van der Waals surface area contributed by atoms with Gasteiger partial charge in [-0.15, -0.1) is 11.3 Å². The number of Topliss-reactive ketones (excluding diaryl/α,β-unsaturated/α-hetero) is 2. The van der Waals surface area contributed by atoms with Gasteiger partial charge in [0, 0.05) is 27.8 Å². The molecule has 5 nitrogen and oxygen atoms in total. The number of thiophene rings is 1. The molecule has 1 aliphatic heterocycles. The maximum absolute atomic E-state index is 13.0. The maximum Gasteiger partial charge on any atom is 0.255 e. The smallest absolute Gasteiger partial charge is 0.255 e. The third-order valence-electron chi connectivity index (χ3n) is 5.51. The van der Waals surface area contributed by atoms with E-state index in [9.17, 15) is 14.4 Å². The topological polar surface area (TPSA) is 63.7 Å². The molecule has 0 spiro atoms. The van der Waals surface area contributed by atoms with Gasteiger partial charge in [0.1, 0.15) is 18.1 Å². The summed E-state index contributed by atoms with van der Waals surface area (Å²) < 4.78 is 7.34. The molecule has 1 atom stereocenters. The van der Waals surface area contributed by atoms with Gasteiger partial charge < -0.3 is 14.4 Å². The van der Waals surface area contributed by atoms with Crippen LogP contribution in [-0.4, -0.2) is 28.4 Å². The predicted molar refractivity (Wildman–Crippen MR) is 117 cm³/mol. The van der Waals surface area contributed by atoms with Gasteiger partial charge in [0.25, 0.3) is 5.91 Å². The Morgan fingerprint density at radius 3 is 2.70 bits per heavy atom. The molecule has 0 radical (unpaired) electrons. The molecule has 0 saturated heterocycles. The second-order valence-electron chi connectivity index (χ2n) is 7.63. The third-order valence-corrected chi connectivity index (χ3v) is 6.52. The van der Waals surface area contributed by atoms with Crippen molar-refractivity contribution in [1.29, 1.82) is 0 Å². The summed E-state index contributed by atoms with van der Waals surface area (Å²) in [5.74, 6) is 0.384. The molecule has 30 heavy (non-hydrogen) atoms. The van der Waals surface area contributed by atoms with Gasteiger partial charge in [-0.2, -0.15) is 0 Å². The van der Waals surface area contributed by atoms with Gasteiger partial charge in [0.2, 0.25) is 0 Å². The van der Waals surface area contributed by atoms with Crippen molar-refractivity contribution in [2.24, 2.45) is 0 Å². The molecule has 1 aromatic heterocycles. The van der Waals surface area contributed by atoms with E-state index >= 15 is 0 Å². The molecule has 0 bridgehead atoms. The van der Waals surface area contributed by atoms with Crippen LogP contribution in [0, 0.1) is 0 Å². The van der Waals surface area contributed by atoms with E-state index in [-0.39, 0.29) is 23.9 Å². The summed E-state index contributed by atoms with van der Waals surface area (Å²) in [5.41, 5.74) is 2.48. The number of hydrogen-bond donors (Lipinski definition) is 0. The summed E-state index contributed by atoms with van der Waals surface area (Å²) in [6, 6.07) is 13.0. The number of hydrogen-bond acceptors (Lipinski definition) is 5. The van der Waals surface area contributed by atoms with Crippen LogP contribution in [0.25, 0.3) is 10.1 Å². The lowest BCUT2D eigenvalue weighted by Gasteiger charge is -2.25. The second-order valence-corrected chi connectivity index (χ2v) is 8.54. The number of amides is 1. The highest BCUT2D eigenvalue weighted by Gasteiger charge is 2.36. The Balaban J connectivity index is 1.55. The zero-order chi connectivity index (χ0) is 21.3. The molecule has 2 aromatic carbocycles. The molecule has 154 valence electrons. The van der Waals surface area contributed by atoms with Gasteiger partial charge in [0.15, 0.2) is 5.78 Å². The summed E-state index contributed by atoms with van der Waals surface area (Å²) in [7, 11) is 0. The standard InChI is InChI=1S/C24H23NO4S/c1-15(26)10-11-21(16(2)27)25-12-20-19(24(25)28)7-5-8-22(20)29-13-17-14-30-23-9-4-3-6-18(17)23/h3-9,14,21H,10-13H2,1-2H3. The summed E-state index contributed by atoms with van der Waals surface area (Å²) in [6.45, 7) is 3.70. The molecular formula is C24H23NO4S. The Kier molecular flexibility index (Phi) is 5.68. The normalized spacial score (nSPS) is 14.1. The minimum absolute atomic E-state index is 0.0115. The van der Waals surface area contributed by atoms with Crippen molar-refractivity contribution in [2.75, 3.05) is 0 Å². The molecule has 0 saturated carbocycles. The third kappa shape index (κ3) is 3.87. The van der Waals surface area contributed by atoms with Crippen molar-refractivity contribution < 1.29 is 19.1 Å². The maximum atomic E-state index is 13.0. The molecular weight excluding hydrogens is 398 g/mol. The zero-order valence-electron chi connectivity index (χ0n) is 17.0. The average molecular weight is 422 g/mol. The molecule has 0 N–H and O–H groups in total. The van der Waals surface area contributed by atoms with Gasteiger partial charge in [-0.3, -0.25) is 9.59 Å². The molecule has 1 amide bonds. The average Bonchev–Trinajstić information content (AvgIpc) is 3.28. The van der Waals surface area contributed by atoms with Gasteiger partial charge >= 0.3 is 0 Å². The highest BCUT2D eigenvalue weighted by atomic mass is 32.1. The molecule has 1 unspecified atom stereocenters. The van der Waals surface area contributed by atoms with Crippen LogP contribution >= 0.6 is 11.3 Å². The fraction of sp³-hybridized carbons (Fsp3) is 0.292. The van der Waals surface area contributed by atoms with Crippen molar-refractivity contribution in [2.45, 2.75) is 45.9 Å². The Morgan fingerprint density at radius 2 is 1.93 bits per heavy atom. The second kappa shape index (κ2) is 8.40. The first-order valence-corrected chi connectivity index (χ1v) is 10.8. The van der Waals surface area contributed by atoms with Crippen LogP contribution in [0.3, 0.4) is 0 Å². The lowest BCUT2D eigenvalue weighted by molar-refractivity contribution is -0.122. The number of nitrogens with zero attached hydrogens (tertiary/aromatic N) is 1. The number of ketones is 2. The van der Waals surface area contributed by atoms with Gasteiger partial charge in [-0.05, 0) is 49.2 Å². The Bertz CT molecular complexity index is 1130. The lowest BCUT2D eigenvalue weighted by atomic mass is 10.0. The van der Waals surface area contributed by atoms with E-state index in [0.717, 1.165) is 11.1 Å². The molecule has 1 aliphatic rings. The van der Waals surface area contributed by atoms with Crippen LogP contribution in [-0.2, 0) is 22.7 Å². The van der Waals surface area contributed by atoms with Crippen LogP contribution in [0.1, 0.15) is 48.2 Å². The van der Waals surface area contributed by atoms with Gasteiger partial charge in [-0.1, -0.05) is 24.3 Å². The van der Waals surface area contributed by atoms with E-state index in [1.165, 1.54) is 23.9 Å². The number of carbonyl (C=O) groups is 3. The minimum Gasteiger partial charge on any atom is -0.488 e. The largest absolute Gasteiger partial charge is 0.488 e.